The van der Waals surface area contributed by atoms with Gasteiger partial charge >= 0.3 is 0 Å². The molecular weight excluding hydrogens is 368 g/mol. The first kappa shape index (κ1) is 14.8. The van der Waals surface area contributed by atoms with E-state index in [4.69, 9.17) is 0 Å². The quantitative estimate of drug-likeness (QED) is 0.307. The molecular formula is C20H12S4. The van der Waals surface area contributed by atoms with E-state index < -0.39 is 0 Å². The number of hydrogen-bond acceptors (Lipinski definition) is 4. The van der Waals surface area contributed by atoms with Crippen LogP contribution in [0.1, 0.15) is 0 Å². The first-order chi connectivity index (χ1) is 11.9. The number of fused-ring (bicyclic) bond motifs is 2. The van der Waals surface area contributed by atoms with Crippen LogP contribution in [0.3, 0.4) is 0 Å². The average molecular weight is 381 g/mol. The maximum atomic E-state index is 2.25. The van der Waals surface area contributed by atoms with Gasteiger partial charge in [-0.15, -0.1) is 22.7 Å². The third kappa shape index (κ3) is 2.45. The molecule has 0 radical (unpaired) electrons. The number of benzene rings is 2. The Labute approximate surface area is 157 Å². The zero-order valence-electron chi connectivity index (χ0n) is 12.6. The molecule has 0 saturated carbocycles. The highest BCUT2D eigenvalue weighted by Crippen LogP contribution is 2.54. The minimum atomic E-state index is 1.34. The van der Waals surface area contributed by atoms with Crippen molar-refractivity contribution >= 4 is 46.2 Å². The van der Waals surface area contributed by atoms with Crippen molar-refractivity contribution in [1.82, 2.24) is 0 Å². The zero-order chi connectivity index (χ0) is 15.9. The summed E-state index contributed by atoms with van der Waals surface area (Å²) in [5, 5.41) is 4.31. The predicted octanol–water partition coefficient (Wildman–Crippen LogP) is 7.76. The maximum absolute atomic E-state index is 2.25. The predicted molar refractivity (Wildman–Crippen MR) is 108 cm³/mol. The molecule has 4 heteroatoms. The summed E-state index contributed by atoms with van der Waals surface area (Å²) in [5.74, 6) is 0. The van der Waals surface area contributed by atoms with E-state index in [0.717, 1.165) is 0 Å². The van der Waals surface area contributed by atoms with E-state index in [2.05, 4.69) is 71.4 Å². The van der Waals surface area contributed by atoms with Crippen molar-refractivity contribution in [3.63, 3.8) is 0 Å². The Bertz CT molecular complexity index is 917. The van der Waals surface area contributed by atoms with Crippen LogP contribution < -0.4 is 0 Å². The number of thiophene rings is 2. The van der Waals surface area contributed by atoms with Gasteiger partial charge in [0.2, 0.25) is 0 Å². The number of hydrogen-bond donors (Lipinski definition) is 0. The van der Waals surface area contributed by atoms with Gasteiger partial charge in [-0.1, -0.05) is 59.9 Å². The lowest BCUT2D eigenvalue weighted by molar-refractivity contribution is 1.17. The summed E-state index contributed by atoms with van der Waals surface area (Å²) < 4.78 is 0. The Hall–Kier alpha value is -1.46. The first-order valence-corrected chi connectivity index (χ1v) is 11.0. The lowest BCUT2D eigenvalue weighted by Crippen LogP contribution is -1.93. The van der Waals surface area contributed by atoms with Gasteiger partial charge < -0.3 is 0 Å². The van der Waals surface area contributed by atoms with Crippen LogP contribution in [-0.2, 0) is 0 Å². The van der Waals surface area contributed by atoms with Gasteiger partial charge in [0.25, 0.3) is 0 Å². The molecule has 0 N–H and O–H groups in total. The molecule has 0 bridgehead atoms. The van der Waals surface area contributed by atoms with Gasteiger partial charge in [-0.05, 0) is 35.0 Å². The molecule has 116 valence electrons. The van der Waals surface area contributed by atoms with E-state index in [1.807, 2.05) is 46.2 Å². The Morgan fingerprint density at radius 3 is 1.50 bits per heavy atom. The van der Waals surface area contributed by atoms with Crippen molar-refractivity contribution in [2.45, 2.75) is 19.6 Å². The highest BCUT2D eigenvalue weighted by Gasteiger charge is 2.23. The maximum Gasteiger partial charge on any atom is 0.0354 e. The molecule has 4 aromatic rings. The summed E-state index contributed by atoms with van der Waals surface area (Å²) in [4.78, 5) is 8.19. The molecule has 3 heterocycles. The Kier molecular flexibility index (Phi) is 3.78. The van der Waals surface area contributed by atoms with E-state index in [9.17, 15) is 0 Å². The third-order valence-electron chi connectivity index (χ3n) is 3.96. The van der Waals surface area contributed by atoms with Crippen LogP contribution in [0.2, 0.25) is 0 Å². The summed E-state index contributed by atoms with van der Waals surface area (Å²) >= 11 is 7.44. The minimum Gasteiger partial charge on any atom is -0.144 e. The molecule has 2 aromatic carbocycles. The van der Waals surface area contributed by atoms with E-state index >= 15 is 0 Å². The van der Waals surface area contributed by atoms with E-state index in [1.54, 1.807) is 0 Å². The van der Waals surface area contributed by atoms with Crippen molar-refractivity contribution in [1.29, 1.82) is 0 Å². The van der Waals surface area contributed by atoms with E-state index in [1.165, 1.54) is 40.5 Å². The summed E-state index contributed by atoms with van der Waals surface area (Å²) in [7, 11) is 0. The third-order valence-corrected chi connectivity index (χ3v) is 8.43. The second-order valence-corrected chi connectivity index (χ2v) is 9.42. The SMILES string of the molecule is c1csc(-c2cccc3c2Sc2c(cccc2-c2cccs2)S3)c1. The van der Waals surface area contributed by atoms with E-state index in [-0.39, 0.29) is 0 Å². The molecule has 0 unspecified atom stereocenters. The van der Waals surface area contributed by atoms with Crippen LogP contribution in [0, 0.1) is 0 Å². The average Bonchev–Trinajstić information content (AvgIpc) is 3.32. The van der Waals surface area contributed by atoms with Gasteiger partial charge in [0.1, 0.15) is 0 Å². The van der Waals surface area contributed by atoms with Gasteiger partial charge in [-0.2, -0.15) is 0 Å². The highest BCUT2D eigenvalue weighted by atomic mass is 32.2. The van der Waals surface area contributed by atoms with Gasteiger partial charge in [0.15, 0.2) is 0 Å². The zero-order valence-corrected chi connectivity index (χ0v) is 15.8. The highest BCUT2D eigenvalue weighted by molar-refractivity contribution is 8.05. The van der Waals surface area contributed by atoms with Crippen LogP contribution in [0.5, 0.6) is 0 Å². The Morgan fingerprint density at radius 2 is 1.04 bits per heavy atom. The topological polar surface area (TPSA) is 0 Å². The van der Waals surface area contributed by atoms with Gasteiger partial charge in [-0.25, -0.2) is 0 Å². The summed E-state index contributed by atoms with van der Waals surface area (Å²) in [6.07, 6.45) is 0. The largest absolute Gasteiger partial charge is 0.144 e. The van der Waals surface area contributed by atoms with Crippen LogP contribution >= 0.6 is 46.2 Å². The molecule has 0 atom stereocenters. The lowest BCUT2D eigenvalue weighted by atomic mass is 10.2. The number of rotatable bonds is 2. The van der Waals surface area contributed by atoms with Gasteiger partial charge in [-0.3, -0.25) is 0 Å². The molecule has 0 saturated heterocycles. The van der Waals surface area contributed by atoms with E-state index in [0.29, 0.717) is 0 Å². The molecule has 0 nitrogen and oxygen atoms in total. The molecule has 0 spiro atoms. The van der Waals surface area contributed by atoms with Crippen LogP contribution in [0.25, 0.3) is 20.9 Å². The standard InChI is InChI=1S/C20H12S4/c1-5-13(15-9-3-11-21-15)19-17(7-1)23-18-8-2-6-14(20(18)24-19)16-10-4-12-22-16/h1-12H. The monoisotopic (exact) mass is 380 g/mol. The molecule has 2 aromatic heterocycles. The molecule has 0 amide bonds. The Balaban J connectivity index is 1.68. The lowest BCUT2D eigenvalue weighted by Gasteiger charge is -2.22. The normalized spacial score (nSPS) is 12.7. The van der Waals surface area contributed by atoms with Crippen molar-refractivity contribution in [2.24, 2.45) is 0 Å². The van der Waals surface area contributed by atoms with Crippen molar-refractivity contribution in [2.75, 3.05) is 0 Å². The fraction of sp³-hybridized carbons (Fsp3) is 0. The van der Waals surface area contributed by atoms with Crippen molar-refractivity contribution in [3.8, 4) is 20.9 Å². The molecule has 1 aliphatic rings. The second-order valence-electron chi connectivity index (χ2n) is 5.42. The Morgan fingerprint density at radius 1 is 0.500 bits per heavy atom. The molecule has 0 fully saturated rings. The summed E-state index contributed by atoms with van der Waals surface area (Å²) in [6, 6.07) is 22.0. The molecule has 1 aliphatic heterocycles. The smallest absolute Gasteiger partial charge is 0.0354 e. The molecule has 5 rings (SSSR count). The molecule has 0 aliphatic carbocycles. The fourth-order valence-electron chi connectivity index (χ4n) is 2.88. The fourth-order valence-corrected chi connectivity index (χ4v) is 7.07. The van der Waals surface area contributed by atoms with Crippen molar-refractivity contribution < 1.29 is 0 Å². The van der Waals surface area contributed by atoms with Crippen molar-refractivity contribution in [3.05, 3.63) is 71.4 Å². The van der Waals surface area contributed by atoms with Crippen LogP contribution in [-0.4, -0.2) is 0 Å². The molecule has 24 heavy (non-hydrogen) atoms. The summed E-state index contributed by atoms with van der Waals surface area (Å²) in [5.41, 5.74) is 2.71. The minimum absolute atomic E-state index is 1.34. The van der Waals surface area contributed by atoms with Crippen LogP contribution in [0.4, 0.5) is 0 Å². The second kappa shape index (κ2) is 6.12. The first-order valence-electron chi connectivity index (χ1n) is 7.59. The summed E-state index contributed by atoms with van der Waals surface area (Å²) in [6.45, 7) is 0. The van der Waals surface area contributed by atoms with Crippen LogP contribution in [0.15, 0.2) is 91.0 Å². The van der Waals surface area contributed by atoms with Gasteiger partial charge in [0.05, 0.1) is 0 Å². The van der Waals surface area contributed by atoms with Gasteiger partial charge in [0, 0.05) is 40.5 Å².